The summed E-state index contributed by atoms with van der Waals surface area (Å²) in [5, 5.41) is 11.0. The van der Waals surface area contributed by atoms with E-state index in [9.17, 15) is 0 Å². The van der Waals surface area contributed by atoms with Crippen molar-refractivity contribution in [1.82, 2.24) is 0 Å². The summed E-state index contributed by atoms with van der Waals surface area (Å²) in [7, 11) is 0. The van der Waals surface area contributed by atoms with Crippen molar-refractivity contribution in [1.29, 1.82) is 0 Å². The molecule has 0 unspecified atom stereocenters. The van der Waals surface area contributed by atoms with Gasteiger partial charge in [-0.3, -0.25) is 0 Å². The quantitative estimate of drug-likeness (QED) is 0.371. The van der Waals surface area contributed by atoms with Crippen molar-refractivity contribution >= 4 is 66.1 Å². The zero-order chi connectivity index (χ0) is 4.00. The van der Waals surface area contributed by atoms with Crippen molar-refractivity contribution in [3.05, 3.63) is 0 Å². The van der Waals surface area contributed by atoms with Crippen LogP contribution >= 0.6 is 0 Å². The SMILES string of the molecule is OF.OF.[AlH3].[CaH2].[SiH4]. The first-order valence-corrected chi connectivity index (χ1v) is 0.338. The summed E-state index contributed by atoms with van der Waals surface area (Å²) in [6.07, 6.45) is 0. The molecule has 0 spiro atoms. The molecule has 0 aliphatic carbocycles. The van der Waals surface area contributed by atoms with Gasteiger partial charge < -0.3 is 0 Å². The standard InChI is InChI=1S/Al.Ca.2FHO.H4Si.5H/c;;2*1-2;;;;;;/h;;2*2H;1H4;;;;;. The molecular formula is H11AlCaF2O2Si. The average molecular weight is 176 g/mol. The van der Waals surface area contributed by atoms with Crippen molar-refractivity contribution < 1.29 is 19.7 Å². The molecule has 7 heavy (non-hydrogen) atoms. The van der Waals surface area contributed by atoms with Gasteiger partial charge in [-0.15, -0.1) is 0 Å². The minimum atomic E-state index is 0. The van der Waals surface area contributed by atoms with E-state index in [-0.39, 0.29) is 66.1 Å². The van der Waals surface area contributed by atoms with Crippen molar-refractivity contribution in [2.75, 3.05) is 0 Å². The maximum atomic E-state index is 8.50. The monoisotopic (exact) mass is 176 g/mol. The molecule has 0 aromatic rings. The van der Waals surface area contributed by atoms with Crippen molar-refractivity contribution in [2.45, 2.75) is 0 Å². The predicted octanol–water partition coefficient (Wildman–Crippen LogP) is -3.83. The molecule has 2 N–H and O–H groups in total. The third-order valence-corrected chi connectivity index (χ3v) is 0. The molecule has 0 fully saturated rings. The van der Waals surface area contributed by atoms with E-state index in [2.05, 4.69) is 0 Å². The van der Waals surface area contributed by atoms with Crippen LogP contribution in [0.25, 0.3) is 0 Å². The molecule has 0 heterocycles. The van der Waals surface area contributed by atoms with E-state index in [4.69, 9.17) is 19.7 Å². The Kier molecular flexibility index (Phi) is 595. The molecule has 0 aliphatic rings. The molecule has 0 radical (unpaired) electrons. The average Bonchev–Trinajstić information content (AvgIpc) is 1.50. The molecule has 0 rings (SSSR count). The van der Waals surface area contributed by atoms with Gasteiger partial charge in [-0.1, -0.05) is 9.05 Å². The van der Waals surface area contributed by atoms with E-state index in [1.165, 1.54) is 0 Å². The Labute approximate surface area is 84.9 Å². The minimum Gasteiger partial charge on any atom is -0.0149 e. The fourth-order valence-corrected chi connectivity index (χ4v) is 0. The maximum Gasteiger partial charge on any atom is -0.0149 e. The summed E-state index contributed by atoms with van der Waals surface area (Å²) in [4.78, 5) is 0. The van der Waals surface area contributed by atoms with E-state index in [0.717, 1.165) is 0 Å². The van der Waals surface area contributed by atoms with Crippen LogP contribution in [-0.4, -0.2) is 76.7 Å². The van der Waals surface area contributed by atoms with Crippen LogP contribution in [-0.2, 0) is 0 Å². The van der Waals surface area contributed by atoms with Gasteiger partial charge in [0.2, 0.25) is 0 Å². The maximum absolute atomic E-state index is 8.50. The van der Waals surface area contributed by atoms with E-state index >= 15 is 0 Å². The van der Waals surface area contributed by atoms with Gasteiger partial charge in [0.15, 0.2) is 17.4 Å². The van der Waals surface area contributed by atoms with E-state index < -0.39 is 0 Å². The summed E-state index contributed by atoms with van der Waals surface area (Å²) in [6.45, 7) is 0. The largest absolute Gasteiger partial charge is 0.0149 e. The first-order chi connectivity index (χ1) is 2.00. The van der Waals surface area contributed by atoms with Gasteiger partial charge in [-0.2, -0.15) is 0 Å². The molecule has 2 nitrogen and oxygen atoms in total. The molecule has 0 bridgehead atoms. The van der Waals surface area contributed by atoms with Gasteiger partial charge in [0.1, 0.15) is 0 Å². The topological polar surface area (TPSA) is 40.5 Å². The Bertz CT molecular complexity index is 15.7. The second-order valence-corrected chi connectivity index (χ2v) is 0. The molecule has 0 aromatic heterocycles. The fraction of sp³-hybridized carbons (Fsp3) is 0. The van der Waals surface area contributed by atoms with Gasteiger partial charge in [0, 0.05) is 0 Å². The summed E-state index contributed by atoms with van der Waals surface area (Å²) in [5.41, 5.74) is 0. The normalized spacial score (nSPS) is 1.71. The van der Waals surface area contributed by atoms with Crippen molar-refractivity contribution in [3.63, 3.8) is 0 Å². The molecule has 0 amide bonds. The van der Waals surface area contributed by atoms with Crippen LogP contribution < -0.4 is 0 Å². The zero-order valence-corrected chi connectivity index (χ0v) is 1.65. The van der Waals surface area contributed by atoms with Gasteiger partial charge in [-0.25, -0.2) is 10.6 Å². The van der Waals surface area contributed by atoms with E-state index in [1.54, 1.807) is 0 Å². The Morgan fingerprint density at radius 1 is 0.857 bits per heavy atom. The summed E-state index contributed by atoms with van der Waals surface area (Å²) in [6, 6.07) is 0. The number of rotatable bonds is 0. The second-order valence-electron chi connectivity index (χ2n) is 0. The molecule has 0 atom stereocenters. The van der Waals surface area contributed by atoms with E-state index in [0.29, 0.717) is 0 Å². The van der Waals surface area contributed by atoms with Crippen LogP contribution in [0.2, 0.25) is 0 Å². The third-order valence-electron chi connectivity index (χ3n) is 0. The summed E-state index contributed by atoms with van der Waals surface area (Å²) >= 11 is 0. The molecular weight excluding hydrogens is 165 g/mol. The van der Waals surface area contributed by atoms with Crippen LogP contribution in [0.4, 0.5) is 9.05 Å². The van der Waals surface area contributed by atoms with Crippen LogP contribution in [0.1, 0.15) is 0 Å². The van der Waals surface area contributed by atoms with Gasteiger partial charge in [-0.05, 0) is 11.0 Å². The second kappa shape index (κ2) is 112. The molecule has 0 saturated carbocycles. The van der Waals surface area contributed by atoms with Gasteiger partial charge in [0.25, 0.3) is 0 Å². The zero-order valence-electron chi connectivity index (χ0n) is 1.65. The Balaban J connectivity index is -0.00000000267. The van der Waals surface area contributed by atoms with Gasteiger partial charge >= 0.3 is 37.7 Å². The first kappa shape index (κ1) is 37.1. The minimum absolute atomic E-state index is 0. The summed E-state index contributed by atoms with van der Waals surface area (Å²) < 4.78 is 17.0. The number of hydrogen-bond acceptors (Lipinski definition) is 2. The van der Waals surface area contributed by atoms with Crippen LogP contribution in [0.15, 0.2) is 0 Å². The smallest absolute Gasteiger partial charge is 0.0149 e. The fourth-order valence-electron chi connectivity index (χ4n) is 0. The summed E-state index contributed by atoms with van der Waals surface area (Å²) in [5.74, 6) is 0. The van der Waals surface area contributed by atoms with Crippen LogP contribution in [0.3, 0.4) is 0 Å². The molecule has 46 valence electrons. The molecule has 0 aliphatic heterocycles. The van der Waals surface area contributed by atoms with Crippen molar-refractivity contribution in [3.8, 4) is 0 Å². The number of halogens is 2. The molecule has 7 heteroatoms. The molecule has 0 aromatic carbocycles. The Morgan fingerprint density at radius 3 is 0.857 bits per heavy atom. The molecule has 0 saturated heterocycles. The predicted molar refractivity (Wildman–Crippen MR) is 36.5 cm³/mol. The first-order valence-electron chi connectivity index (χ1n) is 0.338. The third kappa shape index (κ3) is 81.6. The Morgan fingerprint density at radius 2 is 0.857 bits per heavy atom. The number of hydrogen-bond donors (Lipinski definition) is 2. The van der Waals surface area contributed by atoms with Crippen molar-refractivity contribution in [2.24, 2.45) is 0 Å². The Hall–Kier alpha value is 1.79. The van der Waals surface area contributed by atoms with E-state index in [1.807, 2.05) is 0 Å². The van der Waals surface area contributed by atoms with Crippen LogP contribution in [0.5, 0.6) is 0 Å². The van der Waals surface area contributed by atoms with Crippen LogP contribution in [0, 0.1) is 0 Å². The van der Waals surface area contributed by atoms with Gasteiger partial charge in [0.05, 0.1) is 0 Å².